The van der Waals surface area contributed by atoms with Gasteiger partial charge in [-0.05, 0) is 19.1 Å². The Balaban J connectivity index is 1.84. The van der Waals surface area contributed by atoms with Gasteiger partial charge in [0.05, 0.1) is 5.69 Å². The van der Waals surface area contributed by atoms with Crippen LogP contribution in [0.5, 0.6) is 0 Å². The third-order valence-corrected chi connectivity index (χ3v) is 4.46. The van der Waals surface area contributed by atoms with E-state index >= 15 is 0 Å². The van der Waals surface area contributed by atoms with Gasteiger partial charge in [-0.2, -0.15) is 4.63 Å². The van der Waals surface area contributed by atoms with E-state index in [4.69, 9.17) is 11.6 Å². The molecule has 3 aromatic rings. The number of nitrogens with zero attached hydrogens (tertiary/aromatic N) is 3. The van der Waals surface area contributed by atoms with E-state index < -0.39 is 0 Å². The first kappa shape index (κ1) is 19.1. The molecule has 0 saturated heterocycles. The minimum atomic E-state index is -0.204. The number of benzene rings is 1. The van der Waals surface area contributed by atoms with Crippen LogP contribution in [0.4, 0.5) is 5.69 Å². The van der Waals surface area contributed by atoms with Crippen LogP contribution in [0.2, 0.25) is 5.02 Å². The molecule has 2 N–H and O–H groups in total. The topological polar surface area (TPSA) is 92.1 Å². The summed E-state index contributed by atoms with van der Waals surface area (Å²) in [4.78, 5) is 27.4. The first-order chi connectivity index (χ1) is 12.6. The zero-order valence-electron chi connectivity index (χ0n) is 15.8. The summed E-state index contributed by atoms with van der Waals surface area (Å²) in [5, 5.41) is 11.0. The van der Waals surface area contributed by atoms with Crippen LogP contribution in [0.15, 0.2) is 24.3 Å². The molecular formula is C19H22ClN5O2. The minimum absolute atomic E-state index is 0.0114. The lowest BCUT2D eigenvalue weighted by Gasteiger charge is -2.16. The van der Waals surface area contributed by atoms with Crippen LogP contribution in [0.3, 0.4) is 0 Å². The third kappa shape index (κ3) is 4.19. The number of Topliss-reactive ketones (excluding diaryl/α,β-unsaturated/α-hetero) is 1. The SMILES string of the molecule is CC(=O)CCC(=O)Nc1cccc(-c2nc3c(Cl)c(C(C)(C)C)[nH]n3n2)c1. The summed E-state index contributed by atoms with van der Waals surface area (Å²) >= 11 is 6.46. The van der Waals surface area contributed by atoms with E-state index in [9.17, 15) is 9.59 Å². The van der Waals surface area contributed by atoms with Crippen molar-refractivity contribution >= 4 is 34.6 Å². The number of aromatic nitrogens is 4. The highest BCUT2D eigenvalue weighted by Gasteiger charge is 2.24. The molecule has 1 amide bonds. The number of ketones is 1. The van der Waals surface area contributed by atoms with E-state index in [1.807, 2.05) is 12.1 Å². The van der Waals surface area contributed by atoms with Crippen molar-refractivity contribution < 1.29 is 9.59 Å². The summed E-state index contributed by atoms with van der Waals surface area (Å²) < 4.78 is 1.57. The van der Waals surface area contributed by atoms with Crippen molar-refractivity contribution in [2.75, 3.05) is 5.32 Å². The minimum Gasteiger partial charge on any atom is -0.326 e. The van der Waals surface area contributed by atoms with Gasteiger partial charge < -0.3 is 10.1 Å². The van der Waals surface area contributed by atoms with Gasteiger partial charge in [-0.1, -0.05) is 44.5 Å². The standard InChI is InChI=1S/C19H22ClN5O2/c1-11(26)8-9-14(27)21-13-7-5-6-12(10-13)17-22-18-15(20)16(19(2,3)4)23-25(18)24-17/h5-7,10,23H,8-9H2,1-4H3,(H,21,27). The van der Waals surface area contributed by atoms with Gasteiger partial charge in [0, 0.05) is 29.5 Å². The molecule has 27 heavy (non-hydrogen) atoms. The lowest BCUT2D eigenvalue weighted by atomic mass is 9.92. The van der Waals surface area contributed by atoms with E-state index in [-0.39, 0.29) is 29.9 Å². The van der Waals surface area contributed by atoms with Crippen LogP contribution < -0.4 is 5.32 Å². The van der Waals surface area contributed by atoms with Gasteiger partial charge in [-0.15, -0.1) is 5.10 Å². The molecule has 0 saturated carbocycles. The summed E-state index contributed by atoms with van der Waals surface area (Å²) in [5.41, 5.74) is 2.67. The Bertz CT molecular complexity index is 1010. The Morgan fingerprint density at radius 1 is 1.26 bits per heavy atom. The highest BCUT2D eigenvalue weighted by molar-refractivity contribution is 6.34. The Morgan fingerprint density at radius 3 is 2.63 bits per heavy atom. The van der Waals surface area contributed by atoms with Crippen molar-refractivity contribution in [3.8, 4) is 11.4 Å². The normalized spacial score (nSPS) is 11.7. The molecule has 7 nitrogen and oxygen atoms in total. The van der Waals surface area contributed by atoms with Crippen molar-refractivity contribution in [2.24, 2.45) is 0 Å². The third-order valence-electron chi connectivity index (χ3n) is 4.10. The van der Waals surface area contributed by atoms with Gasteiger partial charge in [0.2, 0.25) is 5.91 Å². The van der Waals surface area contributed by atoms with Gasteiger partial charge in [0.25, 0.3) is 0 Å². The van der Waals surface area contributed by atoms with Crippen molar-refractivity contribution in [1.29, 1.82) is 0 Å². The quantitative estimate of drug-likeness (QED) is 0.692. The van der Waals surface area contributed by atoms with Gasteiger partial charge in [0.1, 0.15) is 10.8 Å². The molecule has 0 aliphatic carbocycles. The molecule has 0 spiro atoms. The number of fused-ring (bicyclic) bond motifs is 1. The molecule has 0 unspecified atom stereocenters. The number of aromatic amines is 1. The molecule has 0 radical (unpaired) electrons. The summed E-state index contributed by atoms with van der Waals surface area (Å²) in [6.07, 6.45) is 0.393. The van der Waals surface area contributed by atoms with Crippen LogP contribution >= 0.6 is 11.6 Å². The van der Waals surface area contributed by atoms with E-state index in [1.54, 1.807) is 16.8 Å². The number of nitrogens with one attached hydrogen (secondary N) is 2. The van der Waals surface area contributed by atoms with E-state index in [0.29, 0.717) is 22.2 Å². The number of halogens is 1. The predicted molar refractivity (Wildman–Crippen MR) is 105 cm³/mol. The number of rotatable bonds is 5. The fourth-order valence-electron chi connectivity index (χ4n) is 2.67. The largest absolute Gasteiger partial charge is 0.326 e. The maximum atomic E-state index is 11.9. The number of hydrogen-bond acceptors (Lipinski definition) is 4. The summed E-state index contributed by atoms with van der Waals surface area (Å²) in [7, 11) is 0. The summed E-state index contributed by atoms with van der Waals surface area (Å²) in [6.45, 7) is 7.65. The first-order valence-electron chi connectivity index (χ1n) is 8.69. The Hall–Kier alpha value is -2.67. The van der Waals surface area contributed by atoms with Gasteiger partial charge in [-0.3, -0.25) is 9.89 Å². The maximum Gasteiger partial charge on any atom is 0.224 e. The number of carbonyl (C=O) groups is 2. The van der Waals surface area contributed by atoms with Crippen molar-refractivity contribution in [2.45, 2.75) is 46.0 Å². The zero-order valence-corrected chi connectivity index (χ0v) is 16.5. The average molecular weight is 388 g/mol. The number of carbonyl (C=O) groups excluding carboxylic acids is 2. The second-order valence-electron chi connectivity index (χ2n) is 7.55. The average Bonchev–Trinajstić information content (AvgIpc) is 3.13. The van der Waals surface area contributed by atoms with Crippen molar-refractivity contribution in [1.82, 2.24) is 19.8 Å². The Kier molecular flexibility index (Phi) is 5.06. The molecule has 8 heteroatoms. The molecule has 0 aliphatic heterocycles. The maximum absolute atomic E-state index is 11.9. The van der Waals surface area contributed by atoms with Gasteiger partial charge in [-0.25, -0.2) is 4.98 Å². The molecule has 0 fully saturated rings. The van der Waals surface area contributed by atoms with Crippen molar-refractivity contribution in [3.63, 3.8) is 0 Å². The molecule has 0 atom stereocenters. The van der Waals surface area contributed by atoms with Gasteiger partial charge in [0.15, 0.2) is 11.5 Å². The Morgan fingerprint density at radius 2 is 2.00 bits per heavy atom. The number of amides is 1. The lowest BCUT2D eigenvalue weighted by molar-refractivity contribution is -0.121. The second kappa shape index (κ2) is 7.15. The molecule has 0 aliphatic rings. The molecule has 2 heterocycles. The molecule has 0 bridgehead atoms. The van der Waals surface area contributed by atoms with E-state index in [0.717, 1.165) is 11.3 Å². The van der Waals surface area contributed by atoms with Crippen LogP contribution in [-0.2, 0) is 15.0 Å². The number of H-pyrrole nitrogens is 1. The highest BCUT2D eigenvalue weighted by atomic mass is 35.5. The predicted octanol–water partition coefficient (Wildman–Crippen LogP) is 3.98. The second-order valence-corrected chi connectivity index (χ2v) is 7.93. The Labute approximate surface area is 162 Å². The van der Waals surface area contributed by atoms with Crippen molar-refractivity contribution in [3.05, 3.63) is 35.0 Å². The number of anilines is 1. The van der Waals surface area contributed by atoms with Crippen LogP contribution in [0, 0.1) is 0 Å². The van der Waals surface area contributed by atoms with Gasteiger partial charge >= 0.3 is 0 Å². The number of hydrogen-bond donors (Lipinski definition) is 2. The van der Waals surface area contributed by atoms with E-state index in [2.05, 4.69) is 41.3 Å². The smallest absolute Gasteiger partial charge is 0.224 e. The molecule has 2 aromatic heterocycles. The van der Waals surface area contributed by atoms with Crippen LogP contribution in [0.1, 0.15) is 46.2 Å². The fourth-order valence-corrected chi connectivity index (χ4v) is 3.12. The van der Waals surface area contributed by atoms with E-state index in [1.165, 1.54) is 6.92 Å². The summed E-state index contributed by atoms with van der Waals surface area (Å²) in [5.74, 6) is 0.288. The molecule has 3 rings (SSSR count). The van der Waals surface area contributed by atoms with Crippen LogP contribution in [-0.4, -0.2) is 31.5 Å². The molecule has 1 aromatic carbocycles. The first-order valence-corrected chi connectivity index (χ1v) is 9.07. The fraction of sp³-hybridized carbons (Fsp3) is 0.368. The molecule has 142 valence electrons. The lowest BCUT2D eigenvalue weighted by Crippen LogP contribution is -2.13. The summed E-state index contributed by atoms with van der Waals surface area (Å²) in [6, 6.07) is 7.24. The highest BCUT2D eigenvalue weighted by Crippen LogP contribution is 2.32. The van der Waals surface area contributed by atoms with Crippen LogP contribution in [0.25, 0.3) is 17.0 Å². The zero-order chi connectivity index (χ0) is 19.8. The monoisotopic (exact) mass is 387 g/mol. The molecular weight excluding hydrogens is 366 g/mol.